The lowest BCUT2D eigenvalue weighted by atomic mass is 9.91. The van der Waals surface area contributed by atoms with Crippen LogP contribution >= 0.6 is 0 Å². The first-order valence-corrected chi connectivity index (χ1v) is 10.4. The molecule has 1 unspecified atom stereocenters. The van der Waals surface area contributed by atoms with Gasteiger partial charge in [0.1, 0.15) is 28.8 Å². The summed E-state index contributed by atoms with van der Waals surface area (Å²) in [5.41, 5.74) is -4.51. The number of anilines is 2. The van der Waals surface area contributed by atoms with Crippen LogP contribution in [0.4, 0.5) is 38.1 Å². The van der Waals surface area contributed by atoms with Crippen molar-refractivity contribution >= 4 is 23.3 Å². The number of halogens is 5. The largest absolute Gasteiger partial charge is 0.457 e. The molecule has 0 aliphatic heterocycles. The Morgan fingerprint density at radius 3 is 2.17 bits per heavy atom. The van der Waals surface area contributed by atoms with Gasteiger partial charge in [-0.1, -0.05) is 6.07 Å². The number of alkyl halides is 3. The second-order valence-corrected chi connectivity index (χ2v) is 7.86. The molecule has 0 aliphatic carbocycles. The van der Waals surface area contributed by atoms with Gasteiger partial charge in [0.25, 0.3) is 11.8 Å². The van der Waals surface area contributed by atoms with E-state index in [0.29, 0.717) is 13.8 Å². The maximum absolute atomic E-state index is 14.6. The highest BCUT2D eigenvalue weighted by molar-refractivity contribution is 6.00. The van der Waals surface area contributed by atoms with Gasteiger partial charge in [-0.3, -0.25) is 9.78 Å². The molecule has 36 heavy (non-hydrogen) atoms. The van der Waals surface area contributed by atoms with Crippen LogP contribution in [0, 0.1) is 11.6 Å². The van der Waals surface area contributed by atoms with E-state index < -0.39 is 46.4 Å². The van der Waals surface area contributed by atoms with Gasteiger partial charge in [0.2, 0.25) is 0 Å². The summed E-state index contributed by atoms with van der Waals surface area (Å²) < 4.78 is 76.0. The van der Waals surface area contributed by atoms with Crippen molar-refractivity contribution in [2.75, 3.05) is 17.7 Å². The minimum Gasteiger partial charge on any atom is -0.457 e. The summed E-state index contributed by atoms with van der Waals surface area (Å²) >= 11 is 0. The van der Waals surface area contributed by atoms with Gasteiger partial charge >= 0.3 is 6.03 Å². The molecule has 1 heterocycles. The molecule has 0 aliphatic rings. The van der Waals surface area contributed by atoms with E-state index in [1.165, 1.54) is 31.4 Å². The van der Waals surface area contributed by atoms with E-state index in [2.05, 4.69) is 15.6 Å². The SMILES string of the molecule is CNC(=O)c1cc(Oc2ccc(NC(=O)Nc3cc(C(C)(F)C(C)(F)F)ccc3F)c(F)c2)ccn1. The molecule has 3 rings (SSSR count). The third-order valence-corrected chi connectivity index (χ3v) is 5.20. The average molecular weight is 508 g/mol. The van der Waals surface area contributed by atoms with Crippen LogP contribution < -0.4 is 20.7 Å². The predicted octanol–water partition coefficient (Wildman–Crippen LogP) is 6.00. The first-order chi connectivity index (χ1) is 16.8. The topological polar surface area (TPSA) is 92.4 Å². The highest BCUT2D eigenvalue weighted by atomic mass is 19.3. The summed E-state index contributed by atoms with van der Waals surface area (Å²) in [6.45, 7) is 1.01. The molecule has 7 nitrogen and oxygen atoms in total. The molecule has 0 spiro atoms. The third-order valence-electron chi connectivity index (χ3n) is 5.20. The number of amides is 3. The standard InChI is InChI=1S/C24H21F5N4O3/c1-23(27,24(2,28)29)13-4-6-16(25)19(10-13)33-22(35)32-18-7-5-14(11-17(18)26)36-15-8-9-31-20(12-15)21(34)30-3/h4-12H,1-3H3,(H,30,34)(H2,32,33,35). The van der Waals surface area contributed by atoms with E-state index in [1.807, 2.05) is 5.32 Å². The summed E-state index contributed by atoms with van der Waals surface area (Å²) in [6.07, 6.45) is 1.33. The van der Waals surface area contributed by atoms with E-state index in [1.54, 1.807) is 0 Å². The lowest BCUT2D eigenvalue weighted by Crippen LogP contribution is -2.36. The van der Waals surface area contributed by atoms with Crippen molar-refractivity contribution in [1.82, 2.24) is 10.3 Å². The number of nitrogens with zero attached hydrogens (tertiary/aromatic N) is 1. The van der Waals surface area contributed by atoms with E-state index in [4.69, 9.17) is 4.74 Å². The smallest absolute Gasteiger partial charge is 0.323 e. The van der Waals surface area contributed by atoms with Crippen LogP contribution in [0.25, 0.3) is 0 Å². The van der Waals surface area contributed by atoms with E-state index >= 15 is 0 Å². The number of ether oxygens (including phenoxy) is 1. The zero-order chi connectivity index (χ0) is 26.7. The Bertz CT molecular complexity index is 1290. The van der Waals surface area contributed by atoms with Crippen molar-refractivity contribution in [3.8, 4) is 11.5 Å². The highest BCUT2D eigenvalue weighted by Crippen LogP contribution is 2.41. The zero-order valence-corrected chi connectivity index (χ0v) is 19.3. The maximum atomic E-state index is 14.6. The number of pyridine rings is 1. The number of benzene rings is 2. The molecule has 0 fully saturated rings. The lowest BCUT2D eigenvalue weighted by Gasteiger charge is -2.28. The molecule has 1 aromatic heterocycles. The van der Waals surface area contributed by atoms with Crippen LogP contribution in [0.5, 0.6) is 11.5 Å². The Balaban J connectivity index is 1.72. The van der Waals surface area contributed by atoms with Crippen molar-refractivity contribution in [3.63, 3.8) is 0 Å². The van der Waals surface area contributed by atoms with Crippen molar-refractivity contribution < 1.29 is 36.3 Å². The number of nitrogens with one attached hydrogen (secondary N) is 3. The third kappa shape index (κ3) is 5.88. The van der Waals surface area contributed by atoms with E-state index in [0.717, 1.165) is 30.3 Å². The Hall–Kier alpha value is -4.22. The second kappa shape index (κ2) is 10.2. The summed E-state index contributed by atoms with van der Waals surface area (Å²) in [5, 5.41) is 6.60. The molecule has 0 saturated carbocycles. The van der Waals surface area contributed by atoms with Crippen LogP contribution in [0.15, 0.2) is 54.7 Å². The number of aromatic nitrogens is 1. The highest BCUT2D eigenvalue weighted by Gasteiger charge is 2.48. The zero-order valence-electron chi connectivity index (χ0n) is 19.3. The molecule has 3 aromatic rings. The monoisotopic (exact) mass is 508 g/mol. The fourth-order valence-electron chi connectivity index (χ4n) is 2.97. The van der Waals surface area contributed by atoms with Gasteiger partial charge in [0.15, 0.2) is 5.67 Å². The Morgan fingerprint density at radius 1 is 0.861 bits per heavy atom. The fraction of sp³-hybridized carbons (Fsp3) is 0.208. The fourth-order valence-corrected chi connectivity index (χ4v) is 2.97. The van der Waals surface area contributed by atoms with Crippen LogP contribution in [0.2, 0.25) is 0 Å². The number of urea groups is 1. The Labute approximate surface area is 202 Å². The first-order valence-electron chi connectivity index (χ1n) is 10.4. The summed E-state index contributed by atoms with van der Waals surface area (Å²) in [6, 6.07) is 7.43. The number of rotatable bonds is 7. The second-order valence-electron chi connectivity index (χ2n) is 7.86. The van der Waals surface area contributed by atoms with Crippen molar-refractivity contribution in [2.24, 2.45) is 0 Å². The van der Waals surface area contributed by atoms with E-state index in [9.17, 15) is 31.5 Å². The molecule has 2 aromatic carbocycles. The molecule has 0 bridgehead atoms. The molecular formula is C24H21F5N4O3. The van der Waals surface area contributed by atoms with Crippen LogP contribution in [0.3, 0.4) is 0 Å². The van der Waals surface area contributed by atoms with Gasteiger partial charge in [-0.15, -0.1) is 0 Å². The average Bonchev–Trinajstić information content (AvgIpc) is 2.81. The number of hydrogen-bond acceptors (Lipinski definition) is 4. The summed E-state index contributed by atoms with van der Waals surface area (Å²) in [4.78, 5) is 27.8. The molecule has 3 amide bonds. The summed E-state index contributed by atoms with van der Waals surface area (Å²) in [5.74, 6) is -5.92. The molecule has 3 N–H and O–H groups in total. The number of hydrogen-bond donors (Lipinski definition) is 3. The Morgan fingerprint density at radius 2 is 1.53 bits per heavy atom. The van der Waals surface area contributed by atoms with E-state index in [-0.39, 0.29) is 22.9 Å². The molecule has 1 atom stereocenters. The van der Waals surface area contributed by atoms with Crippen LogP contribution in [-0.4, -0.2) is 29.9 Å². The molecule has 12 heteroatoms. The van der Waals surface area contributed by atoms with Gasteiger partial charge in [-0.25, -0.2) is 26.7 Å². The van der Waals surface area contributed by atoms with Crippen molar-refractivity contribution in [2.45, 2.75) is 25.4 Å². The number of carbonyl (C=O) groups excluding carboxylic acids is 2. The first kappa shape index (κ1) is 26.4. The molecule has 190 valence electrons. The maximum Gasteiger partial charge on any atom is 0.323 e. The minimum atomic E-state index is -3.78. The lowest BCUT2D eigenvalue weighted by molar-refractivity contribution is -0.119. The van der Waals surface area contributed by atoms with Gasteiger partial charge in [-0.05, 0) is 42.8 Å². The van der Waals surface area contributed by atoms with Gasteiger partial charge < -0.3 is 20.7 Å². The van der Waals surface area contributed by atoms with Crippen LogP contribution in [-0.2, 0) is 5.67 Å². The van der Waals surface area contributed by atoms with Gasteiger partial charge in [0.05, 0.1) is 11.4 Å². The quantitative estimate of drug-likeness (QED) is 0.342. The van der Waals surface area contributed by atoms with Gasteiger partial charge in [0, 0.05) is 32.3 Å². The summed E-state index contributed by atoms with van der Waals surface area (Å²) in [7, 11) is 1.43. The molecule has 0 saturated heterocycles. The molecular weight excluding hydrogens is 487 g/mol. The van der Waals surface area contributed by atoms with Crippen molar-refractivity contribution in [1.29, 1.82) is 0 Å². The Kier molecular flexibility index (Phi) is 7.46. The number of carbonyl (C=O) groups is 2. The molecule has 0 radical (unpaired) electrons. The van der Waals surface area contributed by atoms with Crippen molar-refractivity contribution in [3.05, 3.63) is 77.6 Å². The normalized spacial score (nSPS) is 12.9. The predicted molar refractivity (Wildman–Crippen MR) is 122 cm³/mol. The van der Waals surface area contributed by atoms with Gasteiger partial charge in [-0.2, -0.15) is 0 Å². The minimum absolute atomic E-state index is 0.0361. The van der Waals surface area contributed by atoms with Crippen LogP contribution in [0.1, 0.15) is 29.9 Å².